The van der Waals surface area contributed by atoms with E-state index in [-0.39, 0.29) is 5.56 Å². The van der Waals surface area contributed by atoms with E-state index in [1.54, 1.807) is 17.8 Å². The second-order valence-corrected chi connectivity index (χ2v) is 5.36. The third kappa shape index (κ3) is 2.38. The quantitative estimate of drug-likeness (QED) is 0.852. The van der Waals surface area contributed by atoms with E-state index < -0.39 is 0 Å². The first-order valence-corrected chi connectivity index (χ1v) is 6.64. The fraction of sp³-hybridized carbons (Fsp3) is 0.286. The number of hydrogen-bond donors (Lipinski definition) is 0. The Kier molecular flexibility index (Phi) is 3.66. The van der Waals surface area contributed by atoms with E-state index in [1.165, 1.54) is 5.56 Å². The molecule has 1 aromatic heterocycles. The molecule has 0 saturated heterocycles. The minimum atomic E-state index is -0.0802. The van der Waals surface area contributed by atoms with Crippen LogP contribution >= 0.6 is 15.9 Å². The van der Waals surface area contributed by atoms with Crippen LogP contribution in [0, 0.1) is 6.92 Å². The summed E-state index contributed by atoms with van der Waals surface area (Å²) in [7, 11) is 0. The van der Waals surface area contributed by atoms with Crippen LogP contribution in [-0.2, 0) is 0 Å². The first-order chi connectivity index (χ1) is 8.50. The van der Waals surface area contributed by atoms with Crippen molar-refractivity contribution in [1.82, 2.24) is 9.55 Å². The van der Waals surface area contributed by atoms with E-state index in [4.69, 9.17) is 0 Å². The molecular weight excluding hydrogens is 292 g/mol. The van der Waals surface area contributed by atoms with Crippen molar-refractivity contribution in [3.05, 3.63) is 56.7 Å². The predicted octanol–water partition coefficient (Wildman–Crippen LogP) is 3.43. The molecule has 1 heterocycles. The average Bonchev–Trinajstić information content (AvgIpc) is 2.36. The van der Waals surface area contributed by atoms with E-state index in [0.29, 0.717) is 16.1 Å². The lowest BCUT2D eigenvalue weighted by Gasteiger charge is -2.10. The Bertz CT molecular complexity index is 632. The number of aromatic nitrogens is 2. The van der Waals surface area contributed by atoms with Crippen LogP contribution in [0.3, 0.4) is 0 Å². The van der Waals surface area contributed by atoms with Crippen LogP contribution in [0.2, 0.25) is 0 Å². The molecule has 0 aliphatic rings. The Balaban J connectivity index is 2.59. The van der Waals surface area contributed by atoms with Gasteiger partial charge in [0, 0.05) is 0 Å². The Labute approximate surface area is 115 Å². The summed E-state index contributed by atoms with van der Waals surface area (Å²) in [5.41, 5.74) is 2.68. The molecule has 4 heteroatoms. The highest BCUT2D eigenvalue weighted by Crippen LogP contribution is 2.17. The highest BCUT2D eigenvalue weighted by Gasteiger charge is 2.08. The van der Waals surface area contributed by atoms with Crippen molar-refractivity contribution in [3.8, 4) is 5.69 Å². The number of halogens is 1. The molecule has 0 saturated carbocycles. The van der Waals surface area contributed by atoms with Crippen LogP contribution in [0.1, 0.15) is 31.0 Å². The smallest absolute Gasteiger partial charge is 0.268 e. The second-order valence-electron chi connectivity index (χ2n) is 4.57. The summed E-state index contributed by atoms with van der Waals surface area (Å²) in [5, 5.41) is 0. The lowest BCUT2D eigenvalue weighted by molar-refractivity contribution is 0.853. The van der Waals surface area contributed by atoms with Gasteiger partial charge in [0.15, 0.2) is 0 Å². The molecule has 3 nitrogen and oxygen atoms in total. The SMILES string of the molecule is Cc1ncn(-c2cccc(C(C)C)c2)c(=O)c1Br. The van der Waals surface area contributed by atoms with Gasteiger partial charge in [-0.15, -0.1) is 0 Å². The van der Waals surface area contributed by atoms with Gasteiger partial charge in [-0.05, 0) is 46.5 Å². The van der Waals surface area contributed by atoms with Gasteiger partial charge < -0.3 is 0 Å². The summed E-state index contributed by atoms with van der Waals surface area (Å²) in [4.78, 5) is 16.4. The van der Waals surface area contributed by atoms with Crippen LogP contribution < -0.4 is 5.56 Å². The van der Waals surface area contributed by atoms with Crippen LogP contribution in [-0.4, -0.2) is 9.55 Å². The third-order valence-electron chi connectivity index (χ3n) is 2.91. The minimum absolute atomic E-state index is 0.0802. The Hall–Kier alpha value is -1.42. The van der Waals surface area contributed by atoms with Crippen molar-refractivity contribution < 1.29 is 0 Å². The average molecular weight is 307 g/mol. The molecule has 1 aromatic carbocycles. The zero-order chi connectivity index (χ0) is 13.3. The van der Waals surface area contributed by atoms with Crippen LogP contribution in [0.5, 0.6) is 0 Å². The molecule has 0 aliphatic heterocycles. The standard InChI is InChI=1S/C14H15BrN2O/c1-9(2)11-5-4-6-12(7-11)17-8-16-10(3)13(15)14(17)18/h4-9H,1-3H3. The second kappa shape index (κ2) is 5.06. The largest absolute Gasteiger partial charge is 0.272 e. The lowest BCUT2D eigenvalue weighted by atomic mass is 10.0. The van der Waals surface area contributed by atoms with E-state index in [0.717, 1.165) is 5.69 Å². The van der Waals surface area contributed by atoms with Gasteiger partial charge in [0.2, 0.25) is 0 Å². The van der Waals surface area contributed by atoms with Gasteiger partial charge in [-0.2, -0.15) is 0 Å². The Morgan fingerprint density at radius 1 is 1.33 bits per heavy atom. The molecule has 0 atom stereocenters. The summed E-state index contributed by atoms with van der Waals surface area (Å²) >= 11 is 3.28. The first kappa shape index (κ1) is 13.0. The van der Waals surface area contributed by atoms with Crippen molar-refractivity contribution in [3.63, 3.8) is 0 Å². The molecule has 18 heavy (non-hydrogen) atoms. The van der Waals surface area contributed by atoms with Gasteiger partial charge in [-0.1, -0.05) is 26.0 Å². The normalized spacial score (nSPS) is 10.9. The zero-order valence-electron chi connectivity index (χ0n) is 10.6. The molecule has 2 rings (SSSR count). The van der Waals surface area contributed by atoms with E-state index in [1.807, 2.05) is 18.2 Å². The van der Waals surface area contributed by atoms with Gasteiger partial charge in [0.05, 0.1) is 11.4 Å². The molecule has 0 radical (unpaired) electrons. The molecule has 0 spiro atoms. The summed E-state index contributed by atoms with van der Waals surface area (Å²) in [6.07, 6.45) is 1.57. The summed E-state index contributed by atoms with van der Waals surface area (Å²) in [6, 6.07) is 7.97. The van der Waals surface area contributed by atoms with Crippen molar-refractivity contribution in [2.75, 3.05) is 0 Å². The molecule has 0 amide bonds. The molecule has 0 unspecified atom stereocenters. The summed E-state index contributed by atoms with van der Waals surface area (Å²) in [6.45, 7) is 6.07. The molecule has 2 aromatic rings. The van der Waals surface area contributed by atoms with Crippen LogP contribution in [0.15, 0.2) is 39.9 Å². The van der Waals surface area contributed by atoms with Crippen molar-refractivity contribution >= 4 is 15.9 Å². The van der Waals surface area contributed by atoms with Gasteiger partial charge in [-0.25, -0.2) is 4.98 Å². The number of nitrogens with zero attached hydrogens (tertiary/aromatic N) is 2. The molecule has 0 bridgehead atoms. The van der Waals surface area contributed by atoms with Crippen LogP contribution in [0.25, 0.3) is 5.69 Å². The first-order valence-electron chi connectivity index (χ1n) is 5.85. The monoisotopic (exact) mass is 306 g/mol. The van der Waals surface area contributed by atoms with Crippen molar-refractivity contribution in [2.24, 2.45) is 0 Å². The molecule has 0 aliphatic carbocycles. The number of hydrogen-bond acceptors (Lipinski definition) is 2. The van der Waals surface area contributed by atoms with Crippen molar-refractivity contribution in [2.45, 2.75) is 26.7 Å². The van der Waals surface area contributed by atoms with Crippen LogP contribution in [0.4, 0.5) is 0 Å². The summed E-state index contributed by atoms with van der Waals surface area (Å²) in [5.74, 6) is 0.433. The maximum atomic E-state index is 12.1. The number of aryl methyl sites for hydroxylation is 1. The topological polar surface area (TPSA) is 34.9 Å². The van der Waals surface area contributed by atoms with Gasteiger partial charge >= 0.3 is 0 Å². The molecule has 0 N–H and O–H groups in total. The Morgan fingerprint density at radius 3 is 2.72 bits per heavy atom. The highest BCUT2D eigenvalue weighted by atomic mass is 79.9. The van der Waals surface area contributed by atoms with Gasteiger partial charge in [-0.3, -0.25) is 9.36 Å². The predicted molar refractivity (Wildman–Crippen MR) is 76.4 cm³/mol. The van der Waals surface area contributed by atoms with E-state index in [9.17, 15) is 4.79 Å². The van der Waals surface area contributed by atoms with Gasteiger partial charge in [0.25, 0.3) is 5.56 Å². The molecule has 94 valence electrons. The number of rotatable bonds is 2. The highest BCUT2D eigenvalue weighted by molar-refractivity contribution is 9.10. The Morgan fingerprint density at radius 2 is 2.06 bits per heavy atom. The van der Waals surface area contributed by atoms with Crippen molar-refractivity contribution in [1.29, 1.82) is 0 Å². The van der Waals surface area contributed by atoms with Gasteiger partial charge in [0.1, 0.15) is 10.8 Å². The summed E-state index contributed by atoms with van der Waals surface area (Å²) < 4.78 is 2.07. The van der Waals surface area contributed by atoms with E-state index in [2.05, 4.69) is 40.8 Å². The maximum absolute atomic E-state index is 12.1. The fourth-order valence-corrected chi connectivity index (χ4v) is 2.03. The molecular formula is C14H15BrN2O. The zero-order valence-corrected chi connectivity index (χ0v) is 12.2. The van der Waals surface area contributed by atoms with E-state index >= 15 is 0 Å². The minimum Gasteiger partial charge on any atom is -0.268 e. The maximum Gasteiger partial charge on any atom is 0.272 e. The third-order valence-corrected chi connectivity index (χ3v) is 3.82. The number of benzene rings is 1. The fourth-order valence-electron chi connectivity index (χ4n) is 1.73. The lowest BCUT2D eigenvalue weighted by Crippen LogP contribution is -2.20. The molecule has 0 fully saturated rings.